The lowest BCUT2D eigenvalue weighted by molar-refractivity contribution is -0.123. The van der Waals surface area contributed by atoms with Gasteiger partial charge in [0.05, 0.1) is 0 Å². The average Bonchev–Trinajstić information content (AvgIpc) is 3.01. The Kier molecular flexibility index (Phi) is 5.97. The molecule has 4 rings (SSSR count). The van der Waals surface area contributed by atoms with Gasteiger partial charge in [0.1, 0.15) is 0 Å². The number of carbonyl (C=O) groups excluding carboxylic acids is 1. The van der Waals surface area contributed by atoms with Crippen LogP contribution in [0.2, 0.25) is 0 Å². The number of hydrogen-bond donors (Lipinski definition) is 1. The first-order valence-corrected chi connectivity index (χ1v) is 10.1. The number of nitrogens with one attached hydrogen (secondary N) is 1. The molecule has 0 saturated carbocycles. The molecule has 0 radical (unpaired) electrons. The van der Waals surface area contributed by atoms with E-state index in [-0.39, 0.29) is 19.3 Å². The van der Waals surface area contributed by atoms with E-state index in [0.717, 1.165) is 42.9 Å². The number of nitrogens with zero attached hydrogens (tertiary/aromatic N) is 3. The van der Waals surface area contributed by atoms with Crippen LogP contribution in [0.25, 0.3) is 0 Å². The molecule has 2 aromatic rings. The molecule has 0 spiro atoms. The zero-order valence-electron chi connectivity index (χ0n) is 16.6. The van der Waals surface area contributed by atoms with Crippen LogP contribution in [-0.2, 0) is 11.3 Å². The third-order valence-corrected chi connectivity index (χ3v) is 4.99. The Labute approximate surface area is 170 Å². The molecular weight excluding hydrogens is 372 g/mol. The van der Waals surface area contributed by atoms with Crippen LogP contribution >= 0.6 is 0 Å². The minimum absolute atomic E-state index is 0.0968. The third-order valence-electron chi connectivity index (χ3n) is 4.99. The highest BCUT2D eigenvalue weighted by Crippen LogP contribution is 2.32. The van der Waals surface area contributed by atoms with Gasteiger partial charge >= 0.3 is 0 Å². The minimum atomic E-state index is -0.213. The van der Waals surface area contributed by atoms with Gasteiger partial charge in [0, 0.05) is 31.4 Å². The molecule has 3 heterocycles. The number of carbonyl (C=O) groups is 1. The van der Waals surface area contributed by atoms with Crippen molar-refractivity contribution in [3.05, 3.63) is 35.5 Å². The normalized spacial score (nSPS) is 15.7. The Hall–Kier alpha value is -3.03. The summed E-state index contributed by atoms with van der Waals surface area (Å²) in [6.45, 7) is 4.35. The van der Waals surface area contributed by atoms with Gasteiger partial charge in [0.15, 0.2) is 18.1 Å². The van der Waals surface area contributed by atoms with E-state index < -0.39 is 0 Å². The SMILES string of the molecule is Cc1cc(OCC(=O)NCc2ccc3c(c2)OCO3)nc(N2CCCCCC2)n1. The first-order valence-electron chi connectivity index (χ1n) is 10.1. The molecule has 1 fully saturated rings. The van der Waals surface area contributed by atoms with Crippen molar-refractivity contribution in [1.82, 2.24) is 15.3 Å². The molecule has 0 atom stereocenters. The summed E-state index contributed by atoms with van der Waals surface area (Å²) < 4.78 is 16.3. The lowest BCUT2D eigenvalue weighted by Crippen LogP contribution is -2.29. The molecule has 29 heavy (non-hydrogen) atoms. The van der Waals surface area contributed by atoms with Crippen LogP contribution in [-0.4, -0.2) is 42.4 Å². The maximum atomic E-state index is 12.2. The van der Waals surface area contributed by atoms with Gasteiger partial charge in [-0.3, -0.25) is 4.79 Å². The molecule has 8 heteroatoms. The second kappa shape index (κ2) is 8.98. The molecule has 2 aliphatic heterocycles. The number of amides is 1. The van der Waals surface area contributed by atoms with Gasteiger partial charge in [0.25, 0.3) is 5.91 Å². The quantitative estimate of drug-likeness (QED) is 0.800. The van der Waals surface area contributed by atoms with Crippen LogP contribution in [0.4, 0.5) is 5.95 Å². The molecule has 0 unspecified atom stereocenters. The van der Waals surface area contributed by atoms with Gasteiger partial charge in [-0.25, -0.2) is 4.98 Å². The van der Waals surface area contributed by atoms with Crippen molar-refractivity contribution >= 4 is 11.9 Å². The summed E-state index contributed by atoms with van der Waals surface area (Å²) in [4.78, 5) is 23.4. The largest absolute Gasteiger partial charge is 0.467 e. The average molecular weight is 398 g/mol. The zero-order chi connectivity index (χ0) is 20.1. The predicted octanol–water partition coefficient (Wildman–Crippen LogP) is 2.59. The number of benzene rings is 1. The second-order valence-corrected chi connectivity index (χ2v) is 7.30. The summed E-state index contributed by atoms with van der Waals surface area (Å²) in [6, 6.07) is 7.36. The fourth-order valence-electron chi connectivity index (χ4n) is 3.45. The van der Waals surface area contributed by atoms with Crippen LogP contribution < -0.4 is 24.4 Å². The standard InChI is InChI=1S/C21H26N4O4/c1-15-10-20(24-21(23-15)25-8-4-2-3-5-9-25)27-13-19(26)22-12-16-6-7-17-18(11-16)29-14-28-17/h6-7,10-11H,2-5,8-9,12-14H2,1H3,(H,22,26). The lowest BCUT2D eigenvalue weighted by atomic mass is 10.2. The maximum Gasteiger partial charge on any atom is 0.258 e. The van der Waals surface area contributed by atoms with Gasteiger partial charge < -0.3 is 24.4 Å². The number of rotatable bonds is 6. The number of fused-ring (bicyclic) bond motifs is 1. The zero-order valence-corrected chi connectivity index (χ0v) is 16.6. The highest BCUT2D eigenvalue weighted by molar-refractivity contribution is 5.77. The molecule has 1 saturated heterocycles. The van der Waals surface area contributed by atoms with Gasteiger partial charge in [-0.2, -0.15) is 4.98 Å². The van der Waals surface area contributed by atoms with Gasteiger partial charge in [-0.05, 0) is 37.5 Å². The summed E-state index contributed by atoms with van der Waals surface area (Å²) in [5.41, 5.74) is 1.76. The van der Waals surface area contributed by atoms with E-state index in [1.165, 1.54) is 12.8 Å². The fourth-order valence-corrected chi connectivity index (χ4v) is 3.45. The summed E-state index contributed by atoms with van der Waals surface area (Å²) in [6.07, 6.45) is 4.79. The van der Waals surface area contributed by atoms with Crippen LogP contribution in [0.1, 0.15) is 36.9 Å². The van der Waals surface area contributed by atoms with E-state index in [1.807, 2.05) is 25.1 Å². The molecular formula is C21H26N4O4. The van der Waals surface area contributed by atoms with Crippen molar-refractivity contribution in [2.75, 3.05) is 31.4 Å². The lowest BCUT2D eigenvalue weighted by Gasteiger charge is -2.21. The topological polar surface area (TPSA) is 85.8 Å². The smallest absolute Gasteiger partial charge is 0.258 e. The first kappa shape index (κ1) is 19.3. The van der Waals surface area contributed by atoms with E-state index in [1.54, 1.807) is 6.07 Å². The molecule has 154 valence electrons. The summed E-state index contributed by atoms with van der Waals surface area (Å²) in [5, 5.41) is 2.85. The Bertz CT molecular complexity index is 866. The molecule has 8 nitrogen and oxygen atoms in total. The van der Waals surface area contributed by atoms with Gasteiger partial charge in [-0.15, -0.1) is 0 Å². The predicted molar refractivity (Wildman–Crippen MR) is 107 cm³/mol. The van der Waals surface area contributed by atoms with E-state index in [4.69, 9.17) is 14.2 Å². The minimum Gasteiger partial charge on any atom is -0.467 e. The summed E-state index contributed by atoms with van der Waals surface area (Å²) >= 11 is 0. The van der Waals surface area contributed by atoms with Crippen molar-refractivity contribution < 1.29 is 19.0 Å². The van der Waals surface area contributed by atoms with Crippen LogP contribution in [0, 0.1) is 6.92 Å². The van der Waals surface area contributed by atoms with E-state index in [0.29, 0.717) is 24.1 Å². The monoisotopic (exact) mass is 398 g/mol. The molecule has 1 aromatic heterocycles. The van der Waals surface area contributed by atoms with E-state index in [2.05, 4.69) is 20.2 Å². The van der Waals surface area contributed by atoms with Crippen LogP contribution in [0.15, 0.2) is 24.3 Å². The summed E-state index contributed by atoms with van der Waals surface area (Å²) in [7, 11) is 0. The van der Waals surface area contributed by atoms with Crippen molar-refractivity contribution in [1.29, 1.82) is 0 Å². The Morgan fingerprint density at radius 3 is 2.72 bits per heavy atom. The van der Waals surface area contributed by atoms with Crippen molar-refractivity contribution in [2.45, 2.75) is 39.2 Å². The number of hydrogen-bond acceptors (Lipinski definition) is 7. The Balaban J connectivity index is 1.30. The number of ether oxygens (including phenoxy) is 3. The molecule has 1 N–H and O–H groups in total. The molecule has 0 aliphatic carbocycles. The molecule has 1 amide bonds. The van der Waals surface area contributed by atoms with E-state index >= 15 is 0 Å². The van der Waals surface area contributed by atoms with Gasteiger partial charge in [0.2, 0.25) is 18.6 Å². The third kappa shape index (κ3) is 5.07. The highest BCUT2D eigenvalue weighted by Gasteiger charge is 2.16. The first-order chi connectivity index (χ1) is 14.2. The highest BCUT2D eigenvalue weighted by atomic mass is 16.7. The van der Waals surface area contributed by atoms with Crippen LogP contribution in [0.3, 0.4) is 0 Å². The number of anilines is 1. The Morgan fingerprint density at radius 1 is 1.10 bits per heavy atom. The number of aryl methyl sites for hydroxylation is 1. The molecule has 2 aliphatic rings. The number of aromatic nitrogens is 2. The van der Waals surface area contributed by atoms with E-state index in [9.17, 15) is 4.79 Å². The van der Waals surface area contributed by atoms with Crippen molar-refractivity contribution in [3.8, 4) is 17.4 Å². The molecule has 0 bridgehead atoms. The maximum absolute atomic E-state index is 12.2. The van der Waals surface area contributed by atoms with Crippen molar-refractivity contribution in [2.24, 2.45) is 0 Å². The summed E-state index contributed by atoms with van der Waals surface area (Å²) in [5.74, 6) is 2.32. The fraction of sp³-hybridized carbons (Fsp3) is 0.476. The Morgan fingerprint density at radius 2 is 1.90 bits per heavy atom. The van der Waals surface area contributed by atoms with Gasteiger partial charge in [-0.1, -0.05) is 18.9 Å². The van der Waals surface area contributed by atoms with Crippen LogP contribution in [0.5, 0.6) is 17.4 Å². The molecule has 1 aromatic carbocycles. The second-order valence-electron chi connectivity index (χ2n) is 7.30. The van der Waals surface area contributed by atoms with Crippen molar-refractivity contribution in [3.63, 3.8) is 0 Å².